The van der Waals surface area contributed by atoms with Crippen LogP contribution in [0.2, 0.25) is 0 Å². The molecule has 174 valence electrons. The summed E-state index contributed by atoms with van der Waals surface area (Å²) in [5, 5.41) is 2.45. The first-order valence-electron chi connectivity index (χ1n) is 9.63. The molecule has 1 aliphatic heterocycles. The highest BCUT2D eigenvalue weighted by molar-refractivity contribution is 7.89. The molecular weight excluding hydrogens is 454 g/mol. The van der Waals surface area contributed by atoms with Crippen molar-refractivity contribution in [1.82, 2.24) is 9.62 Å². The highest BCUT2D eigenvalue weighted by atomic mass is 32.2. The van der Waals surface area contributed by atoms with Crippen molar-refractivity contribution in [3.05, 3.63) is 53.6 Å². The molecule has 0 fully saturated rings. The molecule has 3 amide bonds. The van der Waals surface area contributed by atoms with Crippen LogP contribution < -0.4 is 14.8 Å². The van der Waals surface area contributed by atoms with Crippen molar-refractivity contribution in [3.63, 3.8) is 0 Å². The summed E-state index contributed by atoms with van der Waals surface area (Å²) in [6, 6.07) is 8.50. The number of hydrogen-bond acceptors (Lipinski definition) is 8. The molecule has 1 atom stereocenters. The van der Waals surface area contributed by atoms with Gasteiger partial charge in [-0.3, -0.25) is 24.1 Å². The summed E-state index contributed by atoms with van der Waals surface area (Å²) in [7, 11) is -1.21. The molecule has 0 aromatic heterocycles. The van der Waals surface area contributed by atoms with Crippen LogP contribution in [0.3, 0.4) is 0 Å². The predicted molar refractivity (Wildman–Crippen MR) is 115 cm³/mol. The molecular formula is C21H21N3O8S. The first-order chi connectivity index (χ1) is 15.5. The van der Waals surface area contributed by atoms with Gasteiger partial charge in [0.2, 0.25) is 10.0 Å². The van der Waals surface area contributed by atoms with Gasteiger partial charge < -0.3 is 14.8 Å². The monoisotopic (exact) mass is 475 g/mol. The van der Waals surface area contributed by atoms with Gasteiger partial charge in [0.05, 0.1) is 23.1 Å². The number of ether oxygens (including phenoxy) is 2. The van der Waals surface area contributed by atoms with Crippen LogP contribution in [0.5, 0.6) is 5.75 Å². The molecule has 2 aromatic carbocycles. The van der Waals surface area contributed by atoms with Gasteiger partial charge in [0.25, 0.3) is 17.7 Å². The van der Waals surface area contributed by atoms with Crippen LogP contribution in [-0.4, -0.2) is 63.8 Å². The molecule has 12 heteroatoms. The van der Waals surface area contributed by atoms with Crippen LogP contribution in [0.1, 0.15) is 27.6 Å². The number of nitrogens with one attached hydrogen (secondary N) is 2. The fourth-order valence-corrected chi connectivity index (χ4v) is 4.19. The van der Waals surface area contributed by atoms with E-state index in [4.69, 9.17) is 9.47 Å². The van der Waals surface area contributed by atoms with E-state index in [1.165, 1.54) is 63.5 Å². The number of esters is 1. The molecule has 0 radical (unpaired) electrons. The molecule has 0 saturated heterocycles. The third-order valence-electron chi connectivity index (χ3n) is 4.77. The van der Waals surface area contributed by atoms with E-state index in [0.717, 1.165) is 4.90 Å². The highest BCUT2D eigenvalue weighted by Crippen LogP contribution is 2.24. The van der Waals surface area contributed by atoms with Gasteiger partial charge in [0.15, 0.2) is 6.61 Å². The number of carbonyl (C=O) groups excluding carboxylic acids is 4. The molecule has 3 rings (SSSR count). The maximum atomic E-state index is 12.4. The topological polar surface area (TPSA) is 148 Å². The van der Waals surface area contributed by atoms with E-state index in [2.05, 4.69) is 10.0 Å². The Morgan fingerprint density at radius 1 is 1.03 bits per heavy atom. The van der Waals surface area contributed by atoms with Crippen molar-refractivity contribution >= 4 is 39.4 Å². The maximum Gasteiger partial charge on any atom is 0.324 e. The maximum absolute atomic E-state index is 12.4. The Balaban J connectivity index is 1.54. The number of imide groups is 1. The zero-order valence-corrected chi connectivity index (χ0v) is 18.8. The lowest BCUT2D eigenvalue weighted by Crippen LogP contribution is -2.40. The lowest BCUT2D eigenvalue weighted by atomic mass is 10.1. The lowest BCUT2D eigenvalue weighted by molar-refractivity contribution is -0.148. The second-order valence-corrected chi connectivity index (χ2v) is 8.82. The number of methoxy groups -OCH3 is 1. The average molecular weight is 475 g/mol. The number of sulfonamides is 1. The van der Waals surface area contributed by atoms with Gasteiger partial charge in [-0.05, 0) is 49.4 Å². The van der Waals surface area contributed by atoms with Crippen molar-refractivity contribution in [3.8, 4) is 5.75 Å². The molecule has 1 heterocycles. The summed E-state index contributed by atoms with van der Waals surface area (Å²) < 4.78 is 36.8. The summed E-state index contributed by atoms with van der Waals surface area (Å²) in [6.45, 7) is 0.595. The van der Waals surface area contributed by atoms with Crippen LogP contribution in [0.4, 0.5) is 5.69 Å². The van der Waals surface area contributed by atoms with Crippen LogP contribution in [-0.2, 0) is 24.3 Å². The van der Waals surface area contributed by atoms with Crippen LogP contribution in [0.25, 0.3) is 0 Å². The number of rotatable bonds is 8. The van der Waals surface area contributed by atoms with Crippen LogP contribution in [0, 0.1) is 0 Å². The summed E-state index contributed by atoms with van der Waals surface area (Å²) in [6.07, 6.45) is 0. The molecule has 0 spiro atoms. The molecule has 1 unspecified atom stereocenters. The number of benzene rings is 2. The quantitative estimate of drug-likeness (QED) is 0.420. The fourth-order valence-electron chi connectivity index (χ4n) is 3.00. The summed E-state index contributed by atoms with van der Waals surface area (Å²) in [5.74, 6) is -2.13. The normalized spacial score (nSPS) is 14.0. The molecule has 0 bridgehead atoms. The molecule has 2 N–H and O–H groups in total. The summed E-state index contributed by atoms with van der Waals surface area (Å²) >= 11 is 0. The van der Waals surface area contributed by atoms with Crippen molar-refractivity contribution in [2.45, 2.75) is 17.9 Å². The van der Waals surface area contributed by atoms with E-state index in [9.17, 15) is 27.6 Å². The van der Waals surface area contributed by atoms with Gasteiger partial charge in [-0.25, -0.2) is 8.42 Å². The SMILES string of the molecule is COc1ccc(S(=O)(=O)NC(C)C(=O)OCC(=O)Nc2ccc3c(c2)C(=O)N(C)C3=O)cc1. The zero-order chi connectivity index (χ0) is 24.3. The van der Waals surface area contributed by atoms with Crippen LogP contribution >= 0.6 is 0 Å². The number of anilines is 1. The molecule has 33 heavy (non-hydrogen) atoms. The van der Waals surface area contributed by atoms with Gasteiger partial charge in [-0.2, -0.15) is 4.72 Å². The largest absolute Gasteiger partial charge is 0.497 e. The second kappa shape index (κ2) is 9.38. The third-order valence-corrected chi connectivity index (χ3v) is 6.33. The van der Waals surface area contributed by atoms with Gasteiger partial charge in [-0.1, -0.05) is 0 Å². The van der Waals surface area contributed by atoms with E-state index >= 15 is 0 Å². The Bertz CT molecular complexity index is 1220. The van der Waals surface area contributed by atoms with Gasteiger partial charge in [0, 0.05) is 12.7 Å². The van der Waals surface area contributed by atoms with Crippen molar-refractivity contribution in [1.29, 1.82) is 0 Å². The second-order valence-electron chi connectivity index (χ2n) is 7.10. The van der Waals surface area contributed by atoms with E-state index in [0.29, 0.717) is 5.75 Å². The standard InChI is InChI=1S/C21H21N3O8S/c1-12(23-33(29,30)15-7-5-14(31-3)6-8-15)21(28)32-11-18(25)22-13-4-9-16-17(10-13)20(27)24(2)19(16)26/h4-10,12,23H,11H2,1-3H3,(H,22,25). The Morgan fingerprint density at radius 2 is 1.67 bits per heavy atom. The van der Waals surface area contributed by atoms with Gasteiger partial charge in [-0.15, -0.1) is 0 Å². The minimum absolute atomic E-state index is 0.0732. The van der Waals surface area contributed by atoms with Crippen molar-refractivity contribution in [2.24, 2.45) is 0 Å². The number of amides is 3. The predicted octanol–water partition coefficient (Wildman–Crippen LogP) is 0.770. The number of hydrogen-bond donors (Lipinski definition) is 2. The molecule has 0 aliphatic carbocycles. The van der Waals surface area contributed by atoms with Gasteiger partial charge >= 0.3 is 5.97 Å². The lowest BCUT2D eigenvalue weighted by Gasteiger charge is -2.14. The Kier molecular flexibility index (Phi) is 6.79. The van der Waals surface area contributed by atoms with E-state index in [1.807, 2.05) is 0 Å². The zero-order valence-electron chi connectivity index (χ0n) is 17.9. The summed E-state index contributed by atoms with van der Waals surface area (Å²) in [5.41, 5.74) is 0.614. The first kappa shape index (κ1) is 23.9. The molecule has 1 aliphatic rings. The fraction of sp³-hybridized carbons (Fsp3) is 0.238. The minimum Gasteiger partial charge on any atom is -0.497 e. The Hall–Kier alpha value is -3.77. The third kappa shape index (κ3) is 5.18. The smallest absolute Gasteiger partial charge is 0.324 e. The summed E-state index contributed by atoms with van der Waals surface area (Å²) in [4.78, 5) is 49.1. The van der Waals surface area contributed by atoms with E-state index in [1.54, 1.807) is 0 Å². The van der Waals surface area contributed by atoms with E-state index in [-0.39, 0.29) is 21.7 Å². The molecule has 11 nitrogen and oxygen atoms in total. The van der Waals surface area contributed by atoms with Crippen molar-refractivity contribution < 1.29 is 37.1 Å². The van der Waals surface area contributed by atoms with E-state index < -0.39 is 46.4 Å². The van der Waals surface area contributed by atoms with Crippen LogP contribution in [0.15, 0.2) is 47.4 Å². The Labute approximate surface area is 189 Å². The minimum atomic E-state index is -4.01. The number of carbonyl (C=O) groups is 4. The van der Waals surface area contributed by atoms with Crippen molar-refractivity contribution in [2.75, 3.05) is 26.1 Å². The molecule has 0 saturated carbocycles. The highest BCUT2D eigenvalue weighted by Gasteiger charge is 2.32. The number of fused-ring (bicyclic) bond motifs is 1. The number of nitrogens with zero attached hydrogens (tertiary/aromatic N) is 1. The first-order valence-corrected chi connectivity index (χ1v) is 11.1. The average Bonchev–Trinajstić information content (AvgIpc) is 3.00. The van der Waals surface area contributed by atoms with Gasteiger partial charge in [0.1, 0.15) is 11.8 Å². The molecule has 2 aromatic rings. The Morgan fingerprint density at radius 3 is 2.30 bits per heavy atom.